The number of aromatic nitrogens is 4. The Morgan fingerprint density at radius 2 is 1.88 bits per heavy atom. The van der Waals surface area contributed by atoms with Gasteiger partial charge in [-0.25, -0.2) is 9.89 Å². The van der Waals surface area contributed by atoms with Crippen LogP contribution in [0.1, 0.15) is 0 Å². The number of aromatic amines is 1. The molecule has 1 heterocycles. The Kier molecular flexibility index (Phi) is 2.58. The lowest BCUT2D eigenvalue weighted by atomic mass is 10.3. The molecule has 0 aliphatic heterocycles. The van der Waals surface area contributed by atoms with Crippen LogP contribution in [0.5, 0.6) is 5.75 Å². The molecule has 0 aliphatic rings. The zero-order valence-electron chi connectivity index (χ0n) is 8.10. The van der Waals surface area contributed by atoms with Gasteiger partial charge in [-0.05, 0) is 34.7 Å². The molecule has 0 unspecified atom stereocenters. The molecule has 0 amide bonds. The maximum atomic E-state index is 11.9. The lowest BCUT2D eigenvalue weighted by Gasteiger charge is -2.08. The van der Waals surface area contributed by atoms with E-state index in [0.29, 0.717) is 0 Å². The SMILES string of the molecule is O=c1[nH]nnn1-c1ccc(OC(F)(F)F)cc1. The highest BCUT2D eigenvalue weighted by Crippen LogP contribution is 2.23. The van der Waals surface area contributed by atoms with Gasteiger partial charge < -0.3 is 4.74 Å². The molecule has 0 spiro atoms. The molecule has 0 saturated carbocycles. The second kappa shape index (κ2) is 3.92. The number of ether oxygens (including phenoxy) is 1. The number of tetrazole rings is 1. The van der Waals surface area contributed by atoms with Gasteiger partial charge in [0, 0.05) is 0 Å². The van der Waals surface area contributed by atoms with E-state index in [0.717, 1.165) is 16.8 Å². The van der Waals surface area contributed by atoms with Crippen LogP contribution < -0.4 is 10.4 Å². The van der Waals surface area contributed by atoms with E-state index in [-0.39, 0.29) is 11.4 Å². The van der Waals surface area contributed by atoms with Crippen LogP contribution >= 0.6 is 0 Å². The van der Waals surface area contributed by atoms with Crippen molar-refractivity contribution >= 4 is 0 Å². The van der Waals surface area contributed by atoms with E-state index in [9.17, 15) is 18.0 Å². The van der Waals surface area contributed by atoms with E-state index >= 15 is 0 Å². The average Bonchev–Trinajstić information content (AvgIpc) is 2.63. The van der Waals surface area contributed by atoms with E-state index in [1.807, 2.05) is 0 Å². The first-order valence-corrected chi connectivity index (χ1v) is 4.32. The second-order valence-corrected chi connectivity index (χ2v) is 2.96. The Morgan fingerprint density at radius 3 is 2.35 bits per heavy atom. The summed E-state index contributed by atoms with van der Waals surface area (Å²) in [6, 6.07) is 4.66. The number of nitrogens with one attached hydrogen (secondary N) is 1. The first kappa shape index (κ1) is 11.2. The minimum absolute atomic E-state index is 0.276. The second-order valence-electron chi connectivity index (χ2n) is 2.96. The van der Waals surface area contributed by atoms with Gasteiger partial charge in [0.2, 0.25) is 0 Å². The first-order valence-electron chi connectivity index (χ1n) is 4.32. The van der Waals surface area contributed by atoms with Crippen LogP contribution in [0.15, 0.2) is 29.1 Å². The van der Waals surface area contributed by atoms with Gasteiger partial charge in [0.1, 0.15) is 5.75 Å². The highest BCUT2D eigenvalue weighted by Gasteiger charge is 2.30. The number of hydrogen-bond acceptors (Lipinski definition) is 4. The highest BCUT2D eigenvalue weighted by atomic mass is 19.4. The molecule has 9 heteroatoms. The third-order valence-corrected chi connectivity index (χ3v) is 1.79. The number of alkyl halides is 3. The fraction of sp³-hybridized carbons (Fsp3) is 0.125. The normalized spacial score (nSPS) is 11.5. The molecule has 90 valence electrons. The summed E-state index contributed by atoms with van der Waals surface area (Å²) in [7, 11) is 0. The third-order valence-electron chi connectivity index (χ3n) is 1.79. The van der Waals surface area contributed by atoms with Crippen LogP contribution in [0.25, 0.3) is 5.69 Å². The van der Waals surface area contributed by atoms with Crippen molar-refractivity contribution in [3.63, 3.8) is 0 Å². The summed E-state index contributed by atoms with van der Waals surface area (Å²) in [5, 5.41) is 8.73. The minimum Gasteiger partial charge on any atom is -0.406 e. The largest absolute Gasteiger partial charge is 0.573 e. The minimum atomic E-state index is -4.74. The third kappa shape index (κ3) is 2.62. The summed E-state index contributed by atoms with van der Waals surface area (Å²) >= 11 is 0. The fourth-order valence-electron chi connectivity index (χ4n) is 1.16. The molecule has 17 heavy (non-hydrogen) atoms. The van der Waals surface area contributed by atoms with Gasteiger partial charge in [0.15, 0.2) is 0 Å². The van der Waals surface area contributed by atoms with Crippen molar-refractivity contribution in [2.75, 3.05) is 0 Å². The lowest BCUT2D eigenvalue weighted by molar-refractivity contribution is -0.274. The Balaban J connectivity index is 2.25. The van der Waals surface area contributed by atoms with E-state index in [2.05, 4.69) is 20.3 Å². The van der Waals surface area contributed by atoms with Gasteiger partial charge in [0.25, 0.3) is 0 Å². The number of hydrogen-bond donors (Lipinski definition) is 1. The predicted molar refractivity (Wildman–Crippen MR) is 48.7 cm³/mol. The highest BCUT2D eigenvalue weighted by molar-refractivity contribution is 5.36. The maximum Gasteiger partial charge on any atom is 0.573 e. The van der Waals surface area contributed by atoms with Crippen molar-refractivity contribution in [2.45, 2.75) is 6.36 Å². The quantitative estimate of drug-likeness (QED) is 0.852. The van der Waals surface area contributed by atoms with Crippen LogP contribution in [0.2, 0.25) is 0 Å². The van der Waals surface area contributed by atoms with Crippen LogP contribution in [0.4, 0.5) is 13.2 Å². The zero-order valence-corrected chi connectivity index (χ0v) is 8.10. The summed E-state index contributed by atoms with van der Waals surface area (Å²) in [4.78, 5) is 11.1. The zero-order chi connectivity index (χ0) is 12.5. The summed E-state index contributed by atoms with van der Waals surface area (Å²) in [6.07, 6.45) is -4.74. The molecule has 6 nitrogen and oxygen atoms in total. The Morgan fingerprint density at radius 1 is 1.24 bits per heavy atom. The first-order chi connectivity index (χ1) is 7.96. The molecule has 0 bridgehead atoms. The van der Waals surface area contributed by atoms with Gasteiger partial charge in [0.05, 0.1) is 5.69 Å². The monoisotopic (exact) mass is 246 g/mol. The molecular weight excluding hydrogens is 241 g/mol. The predicted octanol–water partition coefficient (Wildman–Crippen LogP) is 0.854. The Bertz CT molecular complexity index is 557. The van der Waals surface area contributed by atoms with Crippen LogP contribution in [-0.2, 0) is 0 Å². The maximum absolute atomic E-state index is 11.9. The van der Waals surface area contributed by atoms with Gasteiger partial charge in [-0.15, -0.1) is 13.2 Å². The molecule has 2 rings (SSSR count). The number of rotatable bonds is 2. The van der Waals surface area contributed by atoms with Crippen molar-refractivity contribution in [1.82, 2.24) is 20.2 Å². The summed E-state index contributed by atoms with van der Waals surface area (Å²) in [6.45, 7) is 0. The van der Waals surface area contributed by atoms with Crippen LogP contribution in [-0.4, -0.2) is 26.6 Å². The van der Waals surface area contributed by atoms with Gasteiger partial charge in [-0.2, -0.15) is 4.68 Å². The van der Waals surface area contributed by atoms with Crippen molar-refractivity contribution in [2.24, 2.45) is 0 Å². The molecule has 0 atom stereocenters. The van der Waals surface area contributed by atoms with Crippen molar-refractivity contribution in [1.29, 1.82) is 0 Å². The van der Waals surface area contributed by atoms with Crippen LogP contribution in [0, 0.1) is 0 Å². The fourth-order valence-corrected chi connectivity index (χ4v) is 1.16. The lowest BCUT2D eigenvalue weighted by Crippen LogP contribution is -2.18. The van der Waals surface area contributed by atoms with Crippen molar-refractivity contribution < 1.29 is 17.9 Å². The van der Waals surface area contributed by atoms with Gasteiger partial charge in [-0.1, -0.05) is 0 Å². The molecule has 1 N–H and O–H groups in total. The summed E-state index contributed by atoms with van der Waals surface area (Å²) in [5.41, 5.74) is -0.312. The summed E-state index contributed by atoms with van der Waals surface area (Å²) < 4.78 is 40.2. The standard InChI is InChI=1S/C8H5F3N4O2/c9-8(10,11)17-6-3-1-5(2-4-6)15-7(16)12-13-14-15/h1-4H,(H,12,14,16). The summed E-state index contributed by atoms with van der Waals surface area (Å²) in [5.74, 6) is -0.377. The Hall–Kier alpha value is -2.32. The van der Waals surface area contributed by atoms with E-state index in [1.54, 1.807) is 0 Å². The van der Waals surface area contributed by atoms with Gasteiger partial charge in [-0.3, -0.25) is 0 Å². The molecule has 1 aromatic heterocycles. The number of nitrogens with zero attached hydrogens (tertiary/aromatic N) is 3. The Labute approximate surface area is 91.6 Å². The van der Waals surface area contributed by atoms with E-state index in [4.69, 9.17) is 0 Å². The average molecular weight is 246 g/mol. The molecule has 2 aromatic rings. The van der Waals surface area contributed by atoms with E-state index in [1.165, 1.54) is 12.1 Å². The van der Waals surface area contributed by atoms with Crippen molar-refractivity contribution in [3.8, 4) is 11.4 Å². The number of halogens is 3. The van der Waals surface area contributed by atoms with Crippen molar-refractivity contribution in [3.05, 3.63) is 34.7 Å². The topological polar surface area (TPSA) is 72.8 Å². The smallest absolute Gasteiger partial charge is 0.406 e. The molecule has 1 aromatic carbocycles. The van der Waals surface area contributed by atoms with Gasteiger partial charge >= 0.3 is 12.1 Å². The number of benzene rings is 1. The molecule has 0 radical (unpaired) electrons. The molecule has 0 saturated heterocycles. The van der Waals surface area contributed by atoms with Crippen LogP contribution in [0.3, 0.4) is 0 Å². The molecule has 0 aliphatic carbocycles. The molecule has 0 fully saturated rings. The number of H-pyrrole nitrogens is 1. The van der Waals surface area contributed by atoms with E-state index < -0.39 is 12.1 Å². The molecular formula is C8H5F3N4O2.